The molecule has 0 unspecified atom stereocenters. The quantitative estimate of drug-likeness (QED) is 0.818. The molecule has 0 fully saturated rings. The van der Waals surface area contributed by atoms with E-state index in [1.54, 1.807) is 23.0 Å². The molecule has 6 nitrogen and oxygen atoms in total. The summed E-state index contributed by atoms with van der Waals surface area (Å²) in [5, 5.41) is 7.24. The molecule has 0 saturated carbocycles. The second-order valence-corrected chi connectivity index (χ2v) is 6.30. The van der Waals surface area contributed by atoms with E-state index in [0.717, 1.165) is 18.7 Å². The molecule has 2 rings (SSSR count). The maximum atomic E-state index is 12.3. The third-order valence-electron chi connectivity index (χ3n) is 3.02. The van der Waals surface area contributed by atoms with Gasteiger partial charge in [0, 0.05) is 19.3 Å². The van der Waals surface area contributed by atoms with E-state index in [1.165, 1.54) is 6.20 Å². The van der Waals surface area contributed by atoms with Gasteiger partial charge >= 0.3 is 0 Å². The number of anilines is 1. The molecule has 0 saturated heterocycles. The topological polar surface area (TPSA) is 76.0 Å². The molecule has 1 aromatic carbocycles. The van der Waals surface area contributed by atoms with Crippen LogP contribution in [0.15, 0.2) is 41.6 Å². The SMILES string of the molecule is CCNCc1ccc(S(=O)(=O)Nc2cnn(CC)c2)cc1. The van der Waals surface area contributed by atoms with Gasteiger partial charge in [0.2, 0.25) is 0 Å². The van der Waals surface area contributed by atoms with Crippen LogP contribution in [0.3, 0.4) is 0 Å². The molecule has 2 N–H and O–H groups in total. The van der Waals surface area contributed by atoms with Gasteiger partial charge in [0.15, 0.2) is 0 Å². The zero-order chi connectivity index (χ0) is 15.3. The third-order valence-corrected chi connectivity index (χ3v) is 4.42. The van der Waals surface area contributed by atoms with Crippen molar-refractivity contribution in [3.63, 3.8) is 0 Å². The van der Waals surface area contributed by atoms with Crippen LogP contribution in [-0.2, 0) is 23.1 Å². The minimum absolute atomic E-state index is 0.243. The van der Waals surface area contributed by atoms with Crippen LogP contribution in [-0.4, -0.2) is 24.7 Å². The molecule has 0 amide bonds. The molecule has 2 aromatic rings. The van der Waals surface area contributed by atoms with E-state index >= 15 is 0 Å². The molecule has 21 heavy (non-hydrogen) atoms. The first-order valence-electron chi connectivity index (χ1n) is 6.90. The first-order chi connectivity index (χ1) is 10.0. The number of hydrogen-bond donors (Lipinski definition) is 2. The first-order valence-corrected chi connectivity index (χ1v) is 8.38. The minimum Gasteiger partial charge on any atom is -0.313 e. The highest BCUT2D eigenvalue weighted by atomic mass is 32.2. The molecule has 0 spiro atoms. The molecular formula is C14H20N4O2S. The van der Waals surface area contributed by atoms with Crippen LogP contribution >= 0.6 is 0 Å². The summed E-state index contributed by atoms with van der Waals surface area (Å²) in [6, 6.07) is 6.85. The lowest BCUT2D eigenvalue weighted by molar-refractivity contribution is 0.601. The standard InChI is InChI=1S/C14H20N4O2S/c1-3-15-9-12-5-7-14(8-6-12)21(19,20)17-13-10-16-18(4-2)11-13/h5-8,10-11,15,17H,3-4,9H2,1-2H3. The molecule has 0 aliphatic carbocycles. The number of nitrogens with zero attached hydrogens (tertiary/aromatic N) is 2. The Bertz CT molecular complexity index is 677. The van der Waals surface area contributed by atoms with Gasteiger partial charge in [0.05, 0.1) is 16.8 Å². The predicted molar refractivity (Wildman–Crippen MR) is 82.5 cm³/mol. The van der Waals surface area contributed by atoms with Crippen molar-refractivity contribution in [3.8, 4) is 0 Å². The summed E-state index contributed by atoms with van der Waals surface area (Å²) >= 11 is 0. The van der Waals surface area contributed by atoms with Crippen molar-refractivity contribution in [1.29, 1.82) is 0 Å². The van der Waals surface area contributed by atoms with Crippen LogP contribution in [0.2, 0.25) is 0 Å². The van der Waals surface area contributed by atoms with Crippen molar-refractivity contribution in [3.05, 3.63) is 42.2 Å². The lowest BCUT2D eigenvalue weighted by Gasteiger charge is -2.07. The van der Waals surface area contributed by atoms with Crippen LogP contribution in [0.1, 0.15) is 19.4 Å². The summed E-state index contributed by atoms with van der Waals surface area (Å²) in [5.41, 5.74) is 1.52. The fraction of sp³-hybridized carbons (Fsp3) is 0.357. The van der Waals surface area contributed by atoms with Gasteiger partial charge in [-0.15, -0.1) is 0 Å². The maximum absolute atomic E-state index is 12.3. The zero-order valence-electron chi connectivity index (χ0n) is 12.2. The Morgan fingerprint density at radius 2 is 1.90 bits per heavy atom. The molecule has 1 heterocycles. The molecular weight excluding hydrogens is 288 g/mol. The Hall–Kier alpha value is -1.86. The summed E-state index contributed by atoms with van der Waals surface area (Å²) in [6.07, 6.45) is 3.16. The van der Waals surface area contributed by atoms with Gasteiger partial charge in [-0.3, -0.25) is 9.40 Å². The van der Waals surface area contributed by atoms with Crippen molar-refractivity contribution in [2.24, 2.45) is 0 Å². The van der Waals surface area contributed by atoms with E-state index in [-0.39, 0.29) is 4.90 Å². The monoisotopic (exact) mass is 308 g/mol. The Morgan fingerprint density at radius 1 is 1.19 bits per heavy atom. The fourth-order valence-electron chi connectivity index (χ4n) is 1.86. The van der Waals surface area contributed by atoms with Gasteiger partial charge < -0.3 is 5.32 Å². The zero-order valence-corrected chi connectivity index (χ0v) is 13.0. The number of nitrogens with one attached hydrogen (secondary N) is 2. The highest BCUT2D eigenvalue weighted by Crippen LogP contribution is 2.16. The highest BCUT2D eigenvalue weighted by Gasteiger charge is 2.14. The van der Waals surface area contributed by atoms with Crippen molar-refractivity contribution in [2.75, 3.05) is 11.3 Å². The summed E-state index contributed by atoms with van der Waals surface area (Å²) in [6.45, 7) is 6.27. The Labute approximate surface area is 125 Å². The summed E-state index contributed by atoms with van der Waals surface area (Å²) in [4.78, 5) is 0.243. The van der Waals surface area contributed by atoms with Gasteiger partial charge in [0.25, 0.3) is 10.0 Å². The first kappa shape index (κ1) is 15.5. The van der Waals surface area contributed by atoms with Crippen molar-refractivity contribution < 1.29 is 8.42 Å². The van der Waals surface area contributed by atoms with E-state index in [2.05, 4.69) is 15.1 Å². The molecule has 0 bridgehead atoms. The predicted octanol–water partition coefficient (Wildman–Crippen LogP) is 1.81. The van der Waals surface area contributed by atoms with Crippen LogP contribution in [0.25, 0.3) is 0 Å². The van der Waals surface area contributed by atoms with Gasteiger partial charge in [-0.05, 0) is 31.2 Å². The average molecular weight is 308 g/mol. The lowest BCUT2D eigenvalue weighted by atomic mass is 10.2. The summed E-state index contributed by atoms with van der Waals surface area (Å²) in [7, 11) is -3.57. The number of aromatic nitrogens is 2. The smallest absolute Gasteiger partial charge is 0.261 e. The van der Waals surface area contributed by atoms with Crippen LogP contribution < -0.4 is 10.0 Å². The Kier molecular flexibility index (Phi) is 4.98. The van der Waals surface area contributed by atoms with Gasteiger partial charge in [-0.2, -0.15) is 5.10 Å². The third kappa shape index (κ3) is 4.05. The van der Waals surface area contributed by atoms with E-state index in [1.807, 2.05) is 26.0 Å². The second kappa shape index (κ2) is 6.73. The maximum Gasteiger partial charge on any atom is 0.261 e. The molecule has 0 radical (unpaired) electrons. The van der Waals surface area contributed by atoms with Crippen LogP contribution in [0.5, 0.6) is 0 Å². The average Bonchev–Trinajstić information content (AvgIpc) is 2.92. The molecule has 114 valence electrons. The van der Waals surface area contributed by atoms with Crippen LogP contribution in [0, 0.1) is 0 Å². The molecule has 0 aliphatic rings. The highest BCUT2D eigenvalue weighted by molar-refractivity contribution is 7.92. The second-order valence-electron chi connectivity index (χ2n) is 4.61. The van der Waals surface area contributed by atoms with E-state index < -0.39 is 10.0 Å². The number of benzene rings is 1. The van der Waals surface area contributed by atoms with Crippen molar-refractivity contribution in [1.82, 2.24) is 15.1 Å². The van der Waals surface area contributed by atoms with Crippen molar-refractivity contribution in [2.45, 2.75) is 31.8 Å². The number of sulfonamides is 1. The normalized spacial score (nSPS) is 11.5. The molecule has 0 atom stereocenters. The summed E-state index contributed by atoms with van der Waals surface area (Å²) < 4.78 is 28.7. The number of hydrogen-bond acceptors (Lipinski definition) is 4. The number of aryl methyl sites for hydroxylation is 1. The summed E-state index contributed by atoms with van der Waals surface area (Å²) in [5.74, 6) is 0. The molecule has 0 aliphatic heterocycles. The Morgan fingerprint density at radius 3 is 2.48 bits per heavy atom. The molecule has 7 heteroatoms. The molecule has 1 aromatic heterocycles. The van der Waals surface area contributed by atoms with Crippen LogP contribution in [0.4, 0.5) is 5.69 Å². The lowest BCUT2D eigenvalue weighted by Crippen LogP contribution is -2.14. The fourth-order valence-corrected chi connectivity index (χ4v) is 2.89. The minimum atomic E-state index is -3.57. The largest absolute Gasteiger partial charge is 0.313 e. The number of rotatable bonds is 7. The Balaban J connectivity index is 2.11. The van der Waals surface area contributed by atoms with E-state index in [0.29, 0.717) is 12.2 Å². The van der Waals surface area contributed by atoms with Gasteiger partial charge in [-0.25, -0.2) is 8.42 Å². The van der Waals surface area contributed by atoms with E-state index in [4.69, 9.17) is 0 Å². The van der Waals surface area contributed by atoms with Gasteiger partial charge in [0.1, 0.15) is 0 Å². The van der Waals surface area contributed by atoms with Crippen molar-refractivity contribution >= 4 is 15.7 Å². The van der Waals surface area contributed by atoms with E-state index in [9.17, 15) is 8.42 Å². The van der Waals surface area contributed by atoms with Gasteiger partial charge in [-0.1, -0.05) is 19.1 Å².